The number of rotatable bonds is 8. The van der Waals surface area contributed by atoms with E-state index in [1.165, 1.54) is 38.5 Å². The van der Waals surface area contributed by atoms with Crippen LogP contribution in [0.2, 0.25) is 0 Å². The van der Waals surface area contributed by atoms with Crippen LogP contribution in [0.3, 0.4) is 0 Å². The normalized spacial score (nSPS) is 16.7. The molecule has 0 aromatic rings. The van der Waals surface area contributed by atoms with E-state index in [2.05, 4.69) is 55.4 Å². The molecule has 0 fully saturated rings. The summed E-state index contributed by atoms with van der Waals surface area (Å²) >= 11 is 0. The van der Waals surface area contributed by atoms with Crippen LogP contribution < -0.4 is 0 Å². The van der Waals surface area contributed by atoms with Gasteiger partial charge in [0.05, 0.1) is 0 Å². The molecule has 0 aliphatic carbocycles. The van der Waals surface area contributed by atoms with Crippen molar-refractivity contribution in [1.29, 1.82) is 0 Å². The monoisotopic (exact) mass is 254 g/mol. The molecule has 0 aromatic carbocycles. The second kappa shape index (κ2) is 7.56. The van der Waals surface area contributed by atoms with Crippen molar-refractivity contribution in [2.24, 2.45) is 22.7 Å². The highest BCUT2D eigenvalue weighted by Crippen LogP contribution is 2.32. The third-order valence-electron chi connectivity index (χ3n) is 4.40. The molecule has 110 valence electrons. The highest BCUT2D eigenvalue weighted by molar-refractivity contribution is 4.71. The lowest BCUT2D eigenvalue weighted by atomic mass is 9.78. The Kier molecular flexibility index (Phi) is 7.56. The minimum atomic E-state index is 0.504. The van der Waals surface area contributed by atoms with Gasteiger partial charge in [-0.1, -0.05) is 81.1 Å². The summed E-state index contributed by atoms with van der Waals surface area (Å²) < 4.78 is 0. The zero-order valence-electron chi connectivity index (χ0n) is 14.4. The van der Waals surface area contributed by atoms with E-state index in [1.807, 2.05) is 0 Å². The molecule has 0 amide bonds. The molecule has 0 saturated carbocycles. The second-order valence-corrected chi connectivity index (χ2v) is 8.61. The molecule has 0 rings (SSSR count). The Balaban J connectivity index is 3.81. The summed E-state index contributed by atoms with van der Waals surface area (Å²) in [4.78, 5) is 0. The summed E-state index contributed by atoms with van der Waals surface area (Å²) in [5.41, 5.74) is 1.04. The molecular weight excluding hydrogens is 216 g/mol. The average molecular weight is 255 g/mol. The molecule has 0 saturated heterocycles. The van der Waals surface area contributed by atoms with Gasteiger partial charge in [0.1, 0.15) is 0 Å². The molecule has 0 nitrogen and oxygen atoms in total. The first-order chi connectivity index (χ1) is 8.06. The average Bonchev–Trinajstić information content (AvgIpc) is 2.22. The van der Waals surface area contributed by atoms with E-state index in [-0.39, 0.29) is 0 Å². The van der Waals surface area contributed by atoms with E-state index in [1.54, 1.807) is 0 Å². The van der Waals surface area contributed by atoms with Crippen LogP contribution in [0.5, 0.6) is 0 Å². The fourth-order valence-corrected chi connectivity index (χ4v) is 2.58. The van der Waals surface area contributed by atoms with Gasteiger partial charge in [-0.05, 0) is 35.5 Å². The molecule has 0 bridgehead atoms. The van der Waals surface area contributed by atoms with Gasteiger partial charge >= 0.3 is 0 Å². The smallest absolute Gasteiger partial charge is 0.0354 e. The number of hydrogen-bond donors (Lipinski definition) is 0. The molecule has 0 spiro atoms. The highest BCUT2D eigenvalue weighted by atomic mass is 14.2. The van der Waals surface area contributed by atoms with E-state index >= 15 is 0 Å². The summed E-state index contributed by atoms with van der Waals surface area (Å²) in [6, 6.07) is 0. The Bertz CT molecular complexity index is 207. The molecule has 0 aromatic heterocycles. The number of hydrogen-bond acceptors (Lipinski definition) is 0. The van der Waals surface area contributed by atoms with Crippen molar-refractivity contribution < 1.29 is 0 Å². The van der Waals surface area contributed by atoms with Gasteiger partial charge in [-0.3, -0.25) is 0 Å². The molecule has 0 radical (unpaired) electrons. The van der Waals surface area contributed by atoms with Gasteiger partial charge in [0.15, 0.2) is 0 Å². The minimum Gasteiger partial charge on any atom is -0.0649 e. The highest BCUT2D eigenvalue weighted by Gasteiger charge is 2.19. The zero-order valence-corrected chi connectivity index (χ0v) is 14.4. The molecule has 0 heteroatoms. The van der Waals surface area contributed by atoms with E-state index in [4.69, 9.17) is 0 Å². The molecular formula is C18H38. The lowest BCUT2D eigenvalue weighted by molar-refractivity contribution is 0.244. The molecule has 18 heavy (non-hydrogen) atoms. The van der Waals surface area contributed by atoms with Gasteiger partial charge in [0.25, 0.3) is 0 Å². The standard InChI is InChI=1S/C18H38/c1-9-18(7,8)14-16(3)11-10-15(2)12-13-17(4,5)6/h15-16H,9-14H2,1-8H3. The van der Waals surface area contributed by atoms with Crippen LogP contribution in [0.15, 0.2) is 0 Å². The van der Waals surface area contributed by atoms with E-state index in [9.17, 15) is 0 Å². The van der Waals surface area contributed by atoms with Crippen molar-refractivity contribution in [1.82, 2.24) is 0 Å². The predicted octanol–water partition coefficient (Wildman–Crippen LogP) is 6.69. The Morgan fingerprint density at radius 2 is 1.28 bits per heavy atom. The Hall–Kier alpha value is 0. The summed E-state index contributed by atoms with van der Waals surface area (Å²) in [6.07, 6.45) is 8.27. The largest absolute Gasteiger partial charge is 0.0649 e. The zero-order chi connectivity index (χ0) is 14.4. The quantitative estimate of drug-likeness (QED) is 0.452. The summed E-state index contributed by atoms with van der Waals surface area (Å²) in [5.74, 6) is 1.79. The van der Waals surface area contributed by atoms with Crippen molar-refractivity contribution in [2.75, 3.05) is 0 Å². The maximum absolute atomic E-state index is 2.44. The van der Waals surface area contributed by atoms with Crippen LogP contribution in [0, 0.1) is 22.7 Å². The maximum Gasteiger partial charge on any atom is -0.0354 e. The molecule has 0 heterocycles. The van der Waals surface area contributed by atoms with Crippen molar-refractivity contribution in [3.63, 3.8) is 0 Å². The third-order valence-corrected chi connectivity index (χ3v) is 4.40. The van der Waals surface area contributed by atoms with Crippen molar-refractivity contribution in [3.8, 4) is 0 Å². The van der Waals surface area contributed by atoms with Crippen LogP contribution in [-0.4, -0.2) is 0 Å². The van der Waals surface area contributed by atoms with E-state index in [0.29, 0.717) is 10.8 Å². The third kappa shape index (κ3) is 9.97. The SMILES string of the molecule is CCC(C)(C)CC(C)CCC(C)CCC(C)(C)C. The predicted molar refractivity (Wildman–Crippen MR) is 84.9 cm³/mol. The summed E-state index contributed by atoms with van der Waals surface area (Å²) in [6.45, 7) is 19.1. The Labute approximate surface area is 117 Å². The molecule has 2 atom stereocenters. The molecule has 0 N–H and O–H groups in total. The summed E-state index contributed by atoms with van der Waals surface area (Å²) in [7, 11) is 0. The topological polar surface area (TPSA) is 0 Å². The molecule has 0 aliphatic heterocycles. The second-order valence-electron chi connectivity index (χ2n) is 8.61. The fourth-order valence-electron chi connectivity index (χ4n) is 2.58. The Morgan fingerprint density at radius 1 is 0.778 bits per heavy atom. The van der Waals surface area contributed by atoms with Crippen LogP contribution in [0.25, 0.3) is 0 Å². The van der Waals surface area contributed by atoms with Crippen LogP contribution >= 0.6 is 0 Å². The maximum atomic E-state index is 2.44. The summed E-state index contributed by atoms with van der Waals surface area (Å²) in [5, 5.41) is 0. The lowest BCUT2D eigenvalue weighted by Crippen LogP contribution is -2.15. The van der Waals surface area contributed by atoms with Gasteiger partial charge < -0.3 is 0 Å². The van der Waals surface area contributed by atoms with Gasteiger partial charge in [-0.25, -0.2) is 0 Å². The first-order valence-electron chi connectivity index (χ1n) is 8.06. The van der Waals surface area contributed by atoms with Crippen LogP contribution in [0.1, 0.15) is 93.9 Å². The van der Waals surface area contributed by atoms with Crippen molar-refractivity contribution in [3.05, 3.63) is 0 Å². The first-order valence-corrected chi connectivity index (χ1v) is 8.06. The Morgan fingerprint density at radius 3 is 1.72 bits per heavy atom. The van der Waals surface area contributed by atoms with E-state index < -0.39 is 0 Å². The molecule has 2 unspecified atom stereocenters. The molecule has 0 aliphatic rings. The van der Waals surface area contributed by atoms with Gasteiger partial charge in [0, 0.05) is 0 Å². The van der Waals surface area contributed by atoms with Crippen molar-refractivity contribution >= 4 is 0 Å². The van der Waals surface area contributed by atoms with E-state index in [0.717, 1.165) is 11.8 Å². The fraction of sp³-hybridized carbons (Fsp3) is 1.00. The van der Waals surface area contributed by atoms with Gasteiger partial charge in [-0.2, -0.15) is 0 Å². The lowest BCUT2D eigenvalue weighted by Gasteiger charge is -2.27. The van der Waals surface area contributed by atoms with Crippen molar-refractivity contribution in [2.45, 2.75) is 93.9 Å². The minimum absolute atomic E-state index is 0.504. The first kappa shape index (κ1) is 18.0. The van der Waals surface area contributed by atoms with Gasteiger partial charge in [0.2, 0.25) is 0 Å². The van der Waals surface area contributed by atoms with Gasteiger partial charge in [-0.15, -0.1) is 0 Å². The van der Waals surface area contributed by atoms with Crippen LogP contribution in [0.4, 0.5) is 0 Å². The van der Waals surface area contributed by atoms with Crippen LogP contribution in [-0.2, 0) is 0 Å².